The summed E-state index contributed by atoms with van der Waals surface area (Å²) < 4.78 is 5.20. The molecule has 3 rings (SSSR count). The second-order valence-electron chi connectivity index (χ2n) is 3.55. The normalized spacial score (nSPS) is 11.1. The van der Waals surface area contributed by atoms with Crippen LogP contribution in [0.1, 0.15) is 0 Å². The Hall–Kier alpha value is -1.74. The van der Waals surface area contributed by atoms with Gasteiger partial charge in [0.1, 0.15) is 10.9 Å². The number of aromatic nitrogens is 2. The number of hydrogen-bond donors (Lipinski definition) is 1. The van der Waals surface area contributed by atoms with Crippen LogP contribution in [0.2, 0.25) is 5.15 Å². The summed E-state index contributed by atoms with van der Waals surface area (Å²) in [6.45, 7) is 0. The number of H-pyrrole nitrogens is 1. The number of ether oxygens (including phenoxy) is 1. The maximum absolute atomic E-state index is 6.09. The minimum absolute atomic E-state index is 0.522. The van der Waals surface area contributed by atoms with E-state index in [1.165, 1.54) is 0 Å². The molecule has 0 aliphatic carbocycles. The van der Waals surface area contributed by atoms with Crippen LogP contribution in [0.25, 0.3) is 21.8 Å². The molecule has 1 N–H and O–H groups in total. The molecule has 0 saturated heterocycles. The molecule has 0 aliphatic heterocycles. The predicted molar refractivity (Wildman–Crippen MR) is 65.2 cm³/mol. The second-order valence-corrected chi connectivity index (χ2v) is 3.91. The van der Waals surface area contributed by atoms with Crippen molar-refractivity contribution in [2.75, 3.05) is 7.11 Å². The van der Waals surface area contributed by atoms with E-state index in [0.29, 0.717) is 5.15 Å². The van der Waals surface area contributed by atoms with E-state index in [1.54, 1.807) is 7.11 Å². The van der Waals surface area contributed by atoms with Crippen LogP contribution in [-0.4, -0.2) is 17.1 Å². The molecular weight excluding hydrogens is 224 g/mol. The number of nitrogens with zero attached hydrogens (tertiary/aromatic N) is 1. The Morgan fingerprint density at radius 1 is 1.25 bits per heavy atom. The van der Waals surface area contributed by atoms with Gasteiger partial charge in [0.15, 0.2) is 0 Å². The largest absolute Gasteiger partial charge is 0.497 e. The van der Waals surface area contributed by atoms with Gasteiger partial charge in [-0.1, -0.05) is 11.6 Å². The first-order valence-electron chi connectivity index (χ1n) is 4.90. The third kappa shape index (κ3) is 1.25. The van der Waals surface area contributed by atoms with Crippen molar-refractivity contribution >= 4 is 33.4 Å². The van der Waals surface area contributed by atoms with Crippen LogP contribution >= 0.6 is 11.6 Å². The topological polar surface area (TPSA) is 37.9 Å². The first-order chi connectivity index (χ1) is 7.79. The minimum Gasteiger partial charge on any atom is -0.497 e. The predicted octanol–water partition coefficient (Wildman–Crippen LogP) is 3.38. The van der Waals surface area contributed by atoms with Gasteiger partial charge in [0, 0.05) is 17.0 Å². The molecule has 0 saturated carbocycles. The van der Waals surface area contributed by atoms with E-state index in [1.807, 2.05) is 30.5 Å². The summed E-state index contributed by atoms with van der Waals surface area (Å²) in [7, 11) is 1.65. The number of methoxy groups -OCH3 is 1. The van der Waals surface area contributed by atoms with Gasteiger partial charge >= 0.3 is 0 Å². The maximum atomic E-state index is 6.09. The number of rotatable bonds is 1. The average molecular weight is 233 g/mol. The molecule has 0 bridgehead atoms. The van der Waals surface area contributed by atoms with Gasteiger partial charge in [0.05, 0.1) is 18.1 Å². The number of fused-ring (bicyclic) bond motifs is 3. The fourth-order valence-corrected chi connectivity index (χ4v) is 2.12. The fraction of sp³-hybridized carbons (Fsp3) is 0.0833. The molecule has 80 valence electrons. The molecule has 0 aliphatic rings. The van der Waals surface area contributed by atoms with Gasteiger partial charge in [-0.05, 0) is 24.3 Å². The molecular formula is C12H9ClN2O. The number of halogens is 1. The van der Waals surface area contributed by atoms with Gasteiger partial charge in [0.25, 0.3) is 0 Å². The van der Waals surface area contributed by atoms with E-state index < -0.39 is 0 Å². The van der Waals surface area contributed by atoms with Crippen LogP contribution in [0.5, 0.6) is 5.75 Å². The number of nitrogens with one attached hydrogen (secondary N) is 1. The Bertz CT molecular complexity index is 675. The Balaban J connectivity index is 2.50. The molecule has 0 amide bonds. The summed E-state index contributed by atoms with van der Waals surface area (Å²) in [4.78, 5) is 7.52. The molecule has 0 atom stereocenters. The van der Waals surface area contributed by atoms with Crippen molar-refractivity contribution < 1.29 is 4.74 Å². The first kappa shape index (κ1) is 9.48. The van der Waals surface area contributed by atoms with Crippen molar-refractivity contribution in [2.45, 2.75) is 0 Å². The molecule has 0 spiro atoms. The molecule has 0 fully saturated rings. The zero-order valence-electron chi connectivity index (χ0n) is 8.62. The van der Waals surface area contributed by atoms with E-state index in [0.717, 1.165) is 27.6 Å². The fourth-order valence-electron chi connectivity index (χ4n) is 1.87. The molecule has 0 radical (unpaired) electrons. The van der Waals surface area contributed by atoms with Crippen molar-refractivity contribution in [2.24, 2.45) is 0 Å². The first-order valence-corrected chi connectivity index (χ1v) is 5.28. The average Bonchev–Trinajstić information content (AvgIpc) is 2.78. The number of aromatic amines is 1. The third-order valence-corrected chi connectivity index (χ3v) is 2.95. The summed E-state index contributed by atoms with van der Waals surface area (Å²) in [6, 6.07) is 7.65. The zero-order chi connectivity index (χ0) is 11.1. The summed E-state index contributed by atoms with van der Waals surface area (Å²) >= 11 is 6.09. The van der Waals surface area contributed by atoms with Crippen LogP contribution < -0.4 is 4.74 Å². The van der Waals surface area contributed by atoms with Crippen LogP contribution in [0.3, 0.4) is 0 Å². The highest BCUT2D eigenvalue weighted by Gasteiger charge is 2.08. The molecule has 16 heavy (non-hydrogen) atoms. The van der Waals surface area contributed by atoms with Crippen molar-refractivity contribution in [1.29, 1.82) is 0 Å². The van der Waals surface area contributed by atoms with E-state index in [4.69, 9.17) is 16.3 Å². The van der Waals surface area contributed by atoms with Gasteiger partial charge in [-0.25, -0.2) is 4.98 Å². The standard InChI is InChI=1S/C12H9ClN2O/c1-16-7-2-3-10-9(6-7)11-8(4-5-14-11)12(13)15-10/h2-6,14H,1H3. The molecule has 0 unspecified atom stereocenters. The monoisotopic (exact) mass is 232 g/mol. The molecule has 1 aromatic carbocycles. The highest BCUT2D eigenvalue weighted by molar-refractivity contribution is 6.35. The lowest BCUT2D eigenvalue weighted by Gasteiger charge is -2.04. The van der Waals surface area contributed by atoms with Crippen LogP contribution in [0.15, 0.2) is 30.5 Å². The van der Waals surface area contributed by atoms with Crippen molar-refractivity contribution in [1.82, 2.24) is 9.97 Å². The van der Waals surface area contributed by atoms with E-state index in [2.05, 4.69) is 9.97 Å². The number of hydrogen-bond acceptors (Lipinski definition) is 2. The van der Waals surface area contributed by atoms with Gasteiger partial charge in [0.2, 0.25) is 0 Å². The van der Waals surface area contributed by atoms with Crippen molar-refractivity contribution in [3.8, 4) is 5.75 Å². The van der Waals surface area contributed by atoms with Gasteiger partial charge < -0.3 is 9.72 Å². The Kier molecular flexibility index (Phi) is 2.01. The Morgan fingerprint density at radius 2 is 2.12 bits per heavy atom. The van der Waals surface area contributed by atoms with Crippen LogP contribution in [0.4, 0.5) is 0 Å². The lowest BCUT2D eigenvalue weighted by atomic mass is 10.1. The van der Waals surface area contributed by atoms with Crippen molar-refractivity contribution in [3.63, 3.8) is 0 Å². The zero-order valence-corrected chi connectivity index (χ0v) is 9.38. The number of pyridine rings is 1. The molecule has 3 nitrogen and oxygen atoms in total. The quantitative estimate of drug-likeness (QED) is 0.653. The minimum atomic E-state index is 0.522. The summed E-state index contributed by atoms with van der Waals surface area (Å²) in [6.07, 6.45) is 1.86. The van der Waals surface area contributed by atoms with E-state index >= 15 is 0 Å². The maximum Gasteiger partial charge on any atom is 0.139 e. The smallest absolute Gasteiger partial charge is 0.139 e. The van der Waals surface area contributed by atoms with Gasteiger partial charge in [-0.15, -0.1) is 0 Å². The van der Waals surface area contributed by atoms with E-state index in [9.17, 15) is 0 Å². The van der Waals surface area contributed by atoms with Crippen molar-refractivity contribution in [3.05, 3.63) is 35.6 Å². The molecule has 3 aromatic rings. The van der Waals surface area contributed by atoms with Crippen LogP contribution in [-0.2, 0) is 0 Å². The SMILES string of the molecule is COc1ccc2nc(Cl)c3cc[nH]c3c2c1. The molecule has 2 heterocycles. The van der Waals surface area contributed by atoms with Gasteiger partial charge in [-0.2, -0.15) is 0 Å². The molecule has 2 aromatic heterocycles. The second kappa shape index (κ2) is 3.39. The highest BCUT2D eigenvalue weighted by Crippen LogP contribution is 2.30. The number of benzene rings is 1. The summed E-state index contributed by atoms with van der Waals surface area (Å²) in [5, 5.41) is 2.47. The summed E-state index contributed by atoms with van der Waals surface area (Å²) in [5.74, 6) is 0.813. The van der Waals surface area contributed by atoms with Crippen LogP contribution in [0, 0.1) is 0 Å². The Labute approximate surface area is 97.0 Å². The van der Waals surface area contributed by atoms with Gasteiger partial charge in [-0.3, -0.25) is 0 Å². The Morgan fingerprint density at radius 3 is 2.94 bits per heavy atom. The third-order valence-electron chi connectivity index (χ3n) is 2.66. The lowest BCUT2D eigenvalue weighted by Crippen LogP contribution is -1.86. The molecule has 4 heteroatoms. The summed E-state index contributed by atoms with van der Waals surface area (Å²) in [5.41, 5.74) is 1.86. The lowest BCUT2D eigenvalue weighted by molar-refractivity contribution is 0.415. The van der Waals surface area contributed by atoms with E-state index in [-0.39, 0.29) is 0 Å². The highest BCUT2D eigenvalue weighted by atomic mass is 35.5.